The molecule has 0 spiro atoms. The molecule has 0 aliphatic carbocycles. The Morgan fingerprint density at radius 3 is 1.76 bits per heavy atom. The fourth-order valence-electron chi connectivity index (χ4n) is 2.46. The number of benzene rings is 3. The number of aryl methyl sites for hydroxylation is 2. The van der Waals surface area contributed by atoms with E-state index in [1.165, 1.54) is 36.4 Å². The molecule has 0 bridgehead atoms. The lowest BCUT2D eigenvalue weighted by Crippen LogP contribution is -1.98. The maximum absolute atomic E-state index is 3.48. The van der Waals surface area contributed by atoms with Crippen LogP contribution in [-0.2, 0) is 0 Å². The van der Waals surface area contributed by atoms with Crippen LogP contribution in [0.2, 0.25) is 0 Å². The number of hydrogen-bond acceptors (Lipinski definition) is 3. The fourth-order valence-corrected chi connectivity index (χ4v) is 4.36. The zero-order valence-electron chi connectivity index (χ0n) is 14.9. The SMILES string of the molecule is CCNc1ccc(Sc2ccc(C)cc2)cc1Sc1ccc(C)cc1. The van der Waals surface area contributed by atoms with Crippen molar-refractivity contribution < 1.29 is 0 Å². The zero-order valence-corrected chi connectivity index (χ0v) is 16.5. The molecule has 1 nitrogen and oxygen atoms in total. The topological polar surface area (TPSA) is 12.0 Å². The van der Waals surface area contributed by atoms with Gasteiger partial charge in [0.1, 0.15) is 0 Å². The van der Waals surface area contributed by atoms with Gasteiger partial charge in [-0.05, 0) is 63.2 Å². The van der Waals surface area contributed by atoms with Crippen molar-refractivity contribution in [3.63, 3.8) is 0 Å². The van der Waals surface area contributed by atoms with Gasteiger partial charge in [-0.2, -0.15) is 0 Å². The second-order valence-electron chi connectivity index (χ2n) is 6.02. The predicted octanol–water partition coefficient (Wildman–Crippen LogP) is 7.04. The molecule has 0 radical (unpaired) electrons. The van der Waals surface area contributed by atoms with Gasteiger partial charge in [-0.1, -0.05) is 58.9 Å². The molecular formula is C22H23NS2. The van der Waals surface area contributed by atoms with Crippen LogP contribution in [0.3, 0.4) is 0 Å². The molecule has 0 saturated heterocycles. The molecular weight excluding hydrogens is 342 g/mol. The first-order valence-corrected chi connectivity index (χ1v) is 10.1. The highest BCUT2D eigenvalue weighted by Crippen LogP contribution is 2.38. The molecule has 25 heavy (non-hydrogen) atoms. The van der Waals surface area contributed by atoms with Gasteiger partial charge in [0.05, 0.1) is 0 Å². The summed E-state index contributed by atoms with van der Waals surface area (Å²) in [6, 6.07) is 24.1. The van der Waals surface area contributed by atoms with Crippen molar-refractivity contribution >= 4 is 29.2 Å². The maximum Gasteiger partial charge on any atom is 0.0482 e. The number of nitrogens with one attached hydrogen (secondary N) is 1. The van der Waals surface area contributed by atoms with Crippen molar-refractivity contribution in [3.05, 3.63) is 77.9 Å². The average Bonchev–Trinajstić information content (AvgIpc) is 2.61. The zero-order chi connectivity index (χ0) is 17.6. The molecule has 3 heteroatoms. The van der Waals surface area contributed by atoms with Gasteiger partial charge in [0.15, 0.2) is 0 Å². The molecule has 0 saturated carbocycles. The van der Waals surface area contributed by atoms with Crippen molar-refractivity contribution in [1.82, 2.24) is 0 Å². The molecule has 0 heterocycles. The normalized spacial score (nSPS) is 10.7. The van der Waals surface area contributed by atoms with Gasteiger partial charge in [0.25, 0.3) is 0 Å². The minimum Gasteiger partial charge on any atom is -0.384 e. The molecule has 0 fully saturated rings. The average molecular weight is 366 g/mol. The van der Waals surface area contributed by atoms with Gasteiger partial charge in [0, 0.05) is 31.8 Å². The first-order valence-electron chi connectivity index (χ1n) is 8.51. The van der Waals surface area contributed by atoms with Gasteiger partial charge in [-0.3, -0.25) is 0 Å². The summed E-state index contributed by atoms with van der Waals surface area (Å²) in [5, 5.41) is 3.48. The summed E-state index contributed by atoms with van der Waals surface area (Å²) >= 11 is 3.62. The lowest BCUT2D eigenvalue weighted by Gasteiger charge is -2.13. The largest absolute Gasteiger partial charge is 0.384 e. The summed E-state index contributed by atoms with van der Waals surface area (Å²) in [5.41, 5.74) is 3.78. The fraction of sp³-hybridized carbons (Fsp3) is 0.182. The molecule has 128 valence electrons. The molecule has 3 aromatic rings. The third-order valence-corrected chi connectivity index (χ3v) is 5.89. The maximum atomic E-state index is 3.48. The predicted molar refractivity (Wildman–Crippen MR) is 111 cm³/mol. The lowest BCUT2D eigenvalue weighted by atomic mass is 10.2. The van der Waals surface area contributed by atoms with E-state index >= 15 is 0 Å². The van der Waals surface area contributed by atoms with Crippen LogP contribution in [-0.4, -0.2) is 6.54 Å². The van der Waals surface area contributed by atoms with Gasteiger partial charge in [-0.15, -0.1) is 0 Å². The Labute approximate surface area is 159 Å². The third-order valence-electron chi connectivity index (χ3n) is 3.83. The molecule has 1 N–H and O–H groups in total. The van der Waals surface area contributed by atoms with Crippen LogP contribution in [0.1, 0.15) is 18.1 Å². The summed E-state index contributed by atoms with van der Waals surface area (Å²) in [7, 11) is 0. The number of anilines is 1. The van der Waals surface area contributed by atoms with E-state index in [4.69, 9.17) is 0 Å². The monoisotopic (exact) mass is 365 g/mol. The van der Waals surface area contributed by atoms with E-state index in [1.54, 1.807) is 0 Å². The molecule has 0 atom stereocenters. The number of rotatable bonds is 6. The van der Waals surface area contributed by atoms with Crippen LogP contribution in [0.25, 0.3) is 0 Å². The molecule has 0 aromatic heterocycles. The summed E-state index contributed by atoms with van der Waals surface area (Å²) in [5.74, 6) is 0. The van der Waals surface area contributed by atoms with Gasteiger partial charge in [-0.25, -0.2) is 0 Å². The Bertz CT molecular complexity index is 824. The molecule has 0 aliphatic heterocycles. The highest BCUT2D eigenvalue weighted by Gasteiger charge is 2.07. The van der Waals surface area contributed by atoms with Crippen LogP contribution in [0.15, 0.2) is 86.3 Å². The van der Waals surface area contributed by atoms with E-state index in [9.17, 15) is 0 Å². The van der Waals surface area contributed by atoms with Crippen LogP contribution >= 0.6 is 23.5 Å². The standard InChI is InChI=1S/C22H23NS2/c1-4-23-21-14-13-20(24-18-9-5-16(2)6-10-18)15-22(21)25-19-11-7-17(3)8-12-19/h5-15,23H,4H2,1-3H3. The first-order chi connectivity index (χ1) is 12.1. The van der Waals surface area contributed by atoms with Crippen LogP contribution in [0.4, 0.5) is 5.69 Å². The van der Waals surface area contributed by atoms with E-state index in [2.05, 4.69) is 92.8 Å². The van der Waals surface area contributed by atoms with E-state index < -0.39 is 0 Å². The Balaban J connectivity index is 1.85. The Morgan fingerprint density at radius 2 is 1.20 bits per heavy atom. The Morgan fingerprint density at radius 1 is 0.680 bits per heavy atom. The summed E-state index contributed by atoms with van der Waals surface area (Å²) in [6.45, 7) is 7.30. The van der Waals surface area contributed by atoms with Crippen molar-refractivity contribution in [2.45, 2.75) is 40.4 Å². The minimum atomic E-state index is 0.923. The van der Waals surface area contributed by atoms with Gasteiger partial charge < -0.3 is 5.32 Å². The molecule has 0 amide bonds. The van der Waals surface area contributed by atoms with E-state index in [0.717, 1.165) is 6.54 Å². The molecule has 0 aliphatic rings. The molecule has 3 aromatic carbocycles. The summed E-state index contributed by atoms with van der Waals surface area (Å²) in [6.07, 6.45) is 0. The minimum absolute atomic E-state index is 0.923. The van der Waals surface area contributed by atoms with Gasteiger partial charge >= 0.3 is 0 Å². The lowest BCUT2D eigenvalue weighted by molar-refractivity contribution is 1.17. The van der Waals surface area contributed by atoms with Crippen LogP contribution in [0, 0.1) is 13.8 Å². The molecule has 3 rings (SSSR count). The number of hydrogen-bond donors (Lipinski definition) is 1. The Kier molecular flexibility index (Phi) is 6.11. The second kappa shape index (κ2) is 8.50. The van der Waals surface area contributed by atoms with Crippen LogP contribution < -0.4 is 5.32 Å². The van der Waals surface area contributed by atoms with E-state index in [1.807, 2.05) is 23.5 Å². The van der Waals surface area contributed by atoms with Gasteiger partial charge in [0.2, 0.25) is 0 Å². The van der Waals surface area contributed by atoms with Crippen LogP contribution in [0.5, 0.6) is 0 Å². The van der Waals surface area contributed by atoms with Crippen molar-refractivity contribution in [3.8, 4) is 0 Å². The highest BCUT2D eigenvalue weighted by molar-refractivity contribution is 8.00. The summed E-state index contributed by atoms with van der Waals surface area (Å²) in [4.78, 5) is 5.07. The smallest absolute Gasteiger partial charge is 0.0482 e. The van der Waals surface area contributed by atoms with E-state index in [-0.39, 0.29) is 0 Å². The van der Waals surface area contributed by atoms with Crippen molar-refractivity contribution in [1.29, 1.82) is 0 Å². The van der Waals surface area contributed by atoms with Crippen molar-refractivity contribution in [2.24, 2.45) is 0 Å². The quantitative estimate of drug-likeness (QED) is 0.503. The first kappa shape index (κ1) is 18.0. The second-order valence-corrected chi connectivity index (χ2v) is 8.28. The molecule has 0 unspecified atom stereocenters. The van der Waals surface area contributed by atoms with Crippen molar-refractivity contribution in [2.75, 3.05) is 11.9 Å². The third kappa shape index (κ3) is 5.07. The van der Waals surface area contributed by atoms with E-state index in [0.29, 0.717) is 0 Å². The summed E-state index contributed by atoms with van der Waals surface area (Å²) < 4.78 is 0. The Hall–Kier alpha value is -1.84. The highest BCUT2D eigenvalue weighted by atomic mass is 32.2.